The number of nitrogen functional groups attached to an aromatic ring is 1. The lowest BCUT2D eigenvalue weighted by Crippen LogP contribution is -2.37. The van der Waals surface area contributed by atoms with E-state index in [1.54, 1.807) is 23.1 Å². The Morgan fingerprint density at radius 2 is 1.85 bits per heavy atom. The monoisotopic (exact) mass is 479 g/mol. The van der Waals surface area contributed by atoms with E-state index in [2.05, 4.69) is 36.8 Å². The number of thiophene rings is 1. The zero-order chi connectivity index (χ0) is 22.2. The molecule has 0 atom stereocenters. The number of morpholine rings is 1. The molecule has 0 amide bonds. The van der Waals surface area contributed by atoms with E-state index in [1.165, 1.54) is 23.3 Å². The van der Waals surface area contributed by atoms with Crippen molar-refractivity contribution in [3.8, 4) is 5.69 Å². The summed E-state index contributed by atoms with van der Waals surface area (Å²) in [5.41, 5.74) is 8.82. The maximum Gasteiger partial charge on any atom is 0.232 e. The molecule has 1 aliphatic heterocycles. The van der Waals surface area contributed by atoms with E-state index in [-0.39, 0.29) is 0 Å². The summed E-state index contributed by atoms with van der Waals surface area (Å²) in [6.45, 7) is 2.99. The highest BCUT2D eigenvalue weighted by molar-refractivity contribution is 7.98. The molecule has 1 aromatic carbocycles. The number of hydrogen-bond donors (Lipinski definition) is 1. The lowest BCUT2D eigenvalue weighted by Gasteiger charge is -2.27. The minimum Gasteiger partial charge on any atom is -0.383 e. The van der Waals surface area contributed by atoms with E-state index in [0.717, 1.165) is 58.8 Å². The third-order valence-electron chi connectivity index (χ3n) is 6.14. The standard InChI is InChI=1S/C23H25N7OS2/c24-20-19-16-8-4-5-9-17(16)33-21(19)26-18(25-20)14-32-23-28-27-22(29-10-12-31-13-11-29)30(23)15-6-2-1-3-7-15/h1-3,6-7H,4-5,8-14H2,(H2,24,25,26). The molecule has 0 saturated carbocycles. The van der Waals surface area contributed by atoms with Crippen molar-refractivity contribution in [1.29, 1.82) is 0 Å². The van der Waals surface area contributed by atoms with Gasteiger partial charge in [0.05, 0.1) is 30.0 Å². The van der Waals surface area contributed by atoms with Crippen LogP contribution in [0.5, 0.6) is 0 Å². The van der Waals surface area contributed by atoms with Gasteiger partial charge in [0.1, 0.15) is 16.5 Å². The average molecular weight is 480 g/mol. The molecule has 3 aromatic heterocycles. The first-order valence-electron chi connectivity index (χ1n) is 11.3. The Hall–Kier alpha value is -2.69. The van der Waals surface area contributed by atoms with Crippen LogP contribution in [0, 0.1) is 0 Å². The van der Waals surface area contributed by atoms with Crippen molar-refractivity contribution in [1.82, 2.24) is 24.7 Å². The van der Waals surface area contributed by atoms with E-state index in [0.29, 0.717) is 24.8 Å². The van der Waals surface area contributed by atoms with Crippen molar-refractivity contribution < 1.29 is 4.74 Å². The second-order valence-corrected chi connectivity index (χ2v) is 10.3. The maximum atomic E-state index is 6.41. The van der Waals surface area contributed by atoms with Crippen LogP contribution in [-0.2, 0) is 23.3 Å². The van der Waals surface area contributed by atoms with Gasteiger partial charge in [0.15, 0.2) is 5.16 Å². The number of nitrogens with zero attached hydrogens (tertiary/aromatic N) is 6. The molecule has 1 saturated heterocycles. The zero-order valence-electron chi connectivity index (χ0n) is 18.2. The fraction of sp³-hybridized carbons (Fsp3) is 0.391. The molecule has 4 aromatic rings. The quantitative estimate of drug-likeness (QED) is 0.431. The number of hydrogen-bond acceptors (Lipinski definition) is 9. The number of aromatic nitrogens is 5. The van der Waals surface area contributed by atoms with Crippen LogP contribution in [0.2, 0.25) is 0 Å². The van der Waals surface area contributed by atoms with Crippen LogP contribution in [0.25, 0.3) is 15.9 Å². The third-order valence-corrected chi connectivity index (χ3v) is 8.25. The minimum atomic E-state index is 0.580. The lowest BCUT2D eigenvalue weighted by molar-refractivity contribution is 0.122. The lowest BCUT2D eigenvalue weighted by atomic mass is 9.97. The number of anilines is 2. The molecule has 0 spiro atoms. The van der Waals surface area contributed by atoms with Crippen LogP contribution >= 0.6 is 23.1 Å². The molecule has 170 valence electrons. The van der Waals surface area contributed by atoms with Gasteiger partial charge in [0.25, 0.3) is 0 Å². The summed E-state index contributed by atoms with van der Waals surface area (Å²) in [6, 6.07) is 10.2. The van der Waals surface area contributed by atoms with Crippen molar-refractivity contribution in [3.05, 3.63) is 46.6 Å². The number of rotatable bonds is 5. The summed E-state index contributed by atoms with van der Waals surface area (Å²) in [5.74, 6) is 2.76. The molecule has 1 aliphatic carbocycles. The maximum absolute atomic E-state index is 6.41. The fourth-order valence-corrected chi connectivity index (χ4v) is 6.64. The summed E-state index contributed by atoms with van der Waals surface area (Å²) in [5, 5.41) is 11.0. The van der Waals surface area contributed by atoms with Gasteiger partial charge in [-0.25, -0.2) is 9.97 Å². The molecule has 0 bridgehead atoms. The highest BCUT2D eigenvalue weighted by Gasteiger charge is 2.23. The first-order valence-corrected chi connectivity index (χ1v) is 13.1. The van der Waals surface area contributed by atoms with E-state index >= 15 is 0 Å². The number of benzene rings is 1. The summed E-state index contributed by atoms with van der Waals surface area (Å²) >= 11 is 3.37. The van der Waals surface area contributed by atoms with E-state index in [1.807, 2.05) is 18.2 Å². The molecule has 1 fully saturated rings. The topological polar surface area (TPSA) is 95.0 Å². The van der Waals surface area contributed by atoms with Gasteiger partial charge in [0.2, 0.25) is 5.95 Å². The third kappa shape index (κ3) is 3.96. The van der Waals surface area contributed by atoms with Gasteiger partial charge in [-0.1, -0.05) is 30.0 Å². The zero-order valence-corrected chi connectivity index (χ0v) is 19.9. The first kappa shape index (κ1) is 20.9. The molecule has 4 heterocycles. The van der Waals surface area contributed by atoms with Gasteiger partial charge in [0, 0.05) is 18.0 Å². The Labute approximate surface area is 200 Å². The van der Waals surface area contributed by atoms with Crippen molar-refractivity contribution in [2.75, 3.05) is 36.9 Å². The first-order chi connectivity index (χ1) is 16.3. The van der Waals surface area contributed by atoms with Crippen molar-refractivity contribution in [2.24, 2.45) is 0 Å². The molecule has 10 heteroatoms. The number of para-hydroxylation sites is 1. The summed E-state index contributed by atoms with van der Waals surface area (Å²) in [4.78, 5) is 14.2. The van der Waals surface area contributed by atoms with Gasteiger partial charge < -0.3 is 15.4 Å². The van der Waals surface area contributed by atoms with Crippen LogP contribution in [0.1, 0.15) is 29.1 Å². The molecule has 0 radical (unpaired) electrons. The number of thioether (sulfide) groups is 1. The van der Waals surface area contributed by atoms with Gasteiger partial charge in [-0.05, 0) is 43.4 Å². The Kier molecular flexibility index (Phi) is 5.65. The van der Waals surface area contributed by atoms with Crippen molar-refractivity contribution >= 4 is 45.1 Å². The molecule has 2 aliphatic rings. The normalized spacial score (nSPS) is 16.3. The van der Waals surface area contributed by atoms with E-state index < -0.39 is 0 Å². The molecule has 2 N–H and O–H groups in total. The van der Waals surface area contributed by atoms with Crippen LogP contribution < -0.4 is 10.6 Å². The molecule has 8 nitrogen and oxygen atoms in total. The number of aryl methyl sites for hydroxylation is 2. The van der Waals surface area contributed by atoms with Crippen LogP contribution in [0.4, 0.5) is 11.8 Å². The highest BCUT2D eigenvalue weighted by Crippen LogP contribution is 2.38. The fourth-order valence-electron chi connectivity index (χ4n) is 4.55. The molecule has 6 rings (SSSR count). The SMILES string of the molecule is Nc1nc(CSc2nnc(N3CCOCC3)n2-c2ccccc2)nc2sc3c(c12)CCCC3. The Balaban J connectivity index is 1.31. The van der Waals surface area contributed by atoms with Gasteiger partial charge >= 0.3 is 0 Å². The Morgan fingerprint density at radius 3 is 2.70 bits per heavy atom. The molecular weight excluding hydrogens is 454 g/mol. The summed E-state index contributed by atoms with van der Waals surface area (Å²) < 4.78 is 7.64. The second kappa shape index (κ2) is 8.92. The van der Waals surface area contributed by atoms with Crippen LogP contribution in [0.3, 0.4) is 0 Å². The number of fused-ring (bicyclic) bond motifs is 3. The number of nitrogens with two attached hydrogens (primary N) is 1. The average Bonchev–Trinajstić information content (AvgIpc) is 3.45. The van der Waals surface area contributed by atoms with Gasteiger partial charge in [-0.2, -0.15) is 0 Å². The van der Waals surface area contributed by atoms with Crippen molar-refractivity contribution in [3.63, 3.8) is 0 Å². The predicted molar refractivity (Wildman–Crippen MR) is 132 cm³/mol. The smallest absolute Gasteiger partial charge is 0.232 e. The van der Waals surface area contributed by atoms with Gasteiger partial charge in [-0.15, -0.1) is 21.5 Å². The molecular formula is C23H25N7OS2. The summed E-state index contributed by atoms with van der Waals surface area (Å²) in [7, 11) is 0. The van der Waals surface area contributed by atoms with Crippen LogP contribution in [-0.4, -0.2) is 51.0 Å². The van der Waals surface area contributed by atoms with E-state index in [4.69, 9.17) is 15.5 Å². The van der Waals surface area contributed by atoms with Crippen molar-refractivity contribution in [2.45, 2.75) is 36.6 Å². The van der Waals surface area contributed by atoms with E-state index in [9.17, 15) is 0 Å². The Bertz CT molecular complexity index is 1280. The second-order valence-electron chi connectivity index (χ2n) is 8.26. The van der Waals surface area contributed by atoms with Crippen LogP contribution in [0.15, 0.2) is 35.5 Å². The Morgan fingerprint density at radius 1 is 1.03 bits per heavy atom. The predicted octanol–water partition coefficient (Wildman–Crippen LogP) is 3.86. The largest absolute Gasteiger partial charge is 0.383 e. The highest BCUT2D eigenvalue weighted by atomic mass is 32.2. The van der Waals surface area contributed by atoms with Gasteiger partial charge in [-0.3, -0.25) is 4.57 Å². The minimum absolute atomic E-state index is 0.580. The number of ether oxygens (including phenoxy) is 1. The molecule has 0 unspecified atom stereocenters. The summed E-state index contributed by atoms with van der Waals surface area (Å²) in [6.07, 6.45) is 4.68. The molecule has 33 heavy (non-hydrogen) atoms.